The maximum Gasteiger partial charge on any atom is 0.271 e. The second kappa shape index (κ2) is 9.24. The zero-order valence-corrected chi connectivity index (χ0v) is 15.5. The number of aliphatic hydroxyl groups excluding tert-OH is 1. The predicted molar refractivity (Wildman–Crippen MR) is 96.0 cm³/mol. The molecule has 1 unspecified atom stereocenters. The van der Waals surface area contributed by atoms with Crippen molar-refractivity contribution in [2.45, 2.75) is 17.6 Å². The lowest BCUT2D eigenvalue weighted by Gasteiger charge is -2.15. The summed E-state index contributed by atoms with van der Waals surface area (Å²) in [7, 11) is -7.95. The monoisotopic (exact) mass is 400 g/mol. The van der Waals surface area contributed by atoms with Gasteiger partial charge in [-0.1, -0.05) is 60.7 Å². The number of hydrogen-bond acceptors (Lipinski definition) is 7. The first-order valence-electron chi connectivity index (χ1n) is 7.76. The van der Waals surface area contributed by atoms with Crippen LogP contribution >= 0.6 is 0 Å². The predicted octanol–water partition coefficient (Wildman–Crippen LogP) is 1.44. The molecule has 1 N–H and O–H groups in total. The molecule has 0 aliphatic heterocycles. The number of hydrogen-bond donors (Lipinski definition) is 1. The topological polar surface area (TPSA) is 107 Å². The molecule has 0 aromatic heterocycles. The smallest absolute Gasteiger partial charge is 0.271 e. The van der Waals surface area contributed by atoms with Crippen LogP contribution in [0.15, 0.2) is 60.7 Å². The molecule has 0 aliphatic rings. The van der Waals surface area contributed by atoms with Crippen molar-refractivity contribution >= 4 is 20.2 Å². The third kappa shape index (κ3) is 7.22. The van der Waals surface area contributed by atoms with Gasteiger partial charge >= 0.3 is 0 Å². The van der Waals surface area contributed by atoms with E-state index < -0.39 is 39.6 Å². The Kier molecular flexibility index (Phi) is 7.30. The summed E-state index contributed by atoms with van der Waals surface area (Å²) in [5, 5.41) is 9.28. The summed E-state index contributed by atoms with van der Waals surface area (Å²) in [5.41, 5.74) is 1.05. The second-order valence-electron chi connectivity index (χ2n) is 5.56. The zero-order chi connectivity index (χ0) is 19.0. The highest BCUT2D eigenvalue weighted by molar-refractivity contribution is 7.86. The molecule has 9 heteroatoms. The Balaban J connectivity index is 1.92. The van der Waals surface area contributed by atoms with Crippen molar-refractivity contribution in [1.82, 2.24) is 0 Å². The lowest BCUT2D eigenvalue weighted by Crippen LogP contribution is -2.29. The Morgan fingerprint density at radius 3 is 1.69 bits per heavy atom. The normalized spacial score (nSPS) is 13.4. The molecular formula is C17H20O7S2. The Bertz CT molecular complexity index is 879. The maximum absolute atomic E-state index is 12.0. The molecule has 7 nitrogen and oxygen atoms in total. The van der Waals surface area contributed by atoms with Crippen LogP contribution in [0, 0.1) is 0 Å². The van der Waals surface area contributed by atoms with Gasteiger partial charge in [-0.05, 0) is 11.1 Å². The van der Waals surface area contributed by atoms with E-state index in [2.05, 4.69) is 0 Å². The molecule has 0 saturated heterocycles. The van der Waals surface area contributed by atoms with Crippen LogP contribution in [0.2, 0.25) is 0 Å². The van der Waals surface area contributed by atoms with Gasteiger partial charge in [0.25, 0.3) is 20.2 Å². The molecular weight excluding hydrogens is 380 g/mol. The molecule has 142 valence electrons. The van der Waals surface area contributed by atoms with Gasteiger partial charge in [0.15, 0.2) is 0 Å². The SMILES string of the molecule is O=S(=O)(Cc1ccccc1)OCC(CO)OS(=O)(=O)Cc1ccccc1. The molecule has 2 aromatic rings. The quantitative estimate of drug-likeness (QED) is 0.601. The van der Waals surface area contributed by atoms with Crippen LogP contribution in [-0.2, 0) is 40.1 Å². The van der Waals surface area contributed by atoms with Gasteiger partial charge in [0.2, 0.25) is 0 Å². The first kappa shape index (κ1) is 20.5. The minimum atomic E-state index is -4.01. The summed E-state index contributed by atoms with van der Waals surface area (Å²) in [5.74, 6) is -0.746. The summed E-state index contributed by atoms with van der Waals surface area (Å²) in [6.45, 7) is -1.30. The van der Waals surface area contributed by atoms with Gasteiger partial charge in [-0.2, -0.15) is 16.8 Å². The van der Waals surface area contributed by atoms with Crippen molar-refractivity contribution in [1.29, 1.82) is 0 Å². The van der Waals surface area contributed by atoms with E-state index in [1.807, 2.05) is 0 Å². The van der Waals surface area contributed by atoms with Crippen molar-refractivity contribution in [3.8, 4) is 0 Å². The average Bonchev–Trinajstić information content (AvgIpc) is 2.59. The van der Waals surface area contributed by atoms with Crippen molar-refractivity contribution in [2.75, 3.05) is 13.2 Å². The third-order valence-corrected chi connectivity index (χ3v) is 5.73. The minimum Gasteiger partial charge on any atom is -0.394 e. The first-order valence-corrected chi connectivity index (χ1v) is 10.9. The highest BCUT2D eigenvalue weighted by atomic mass is 32.2. The van der Waals surface area contributed by atoms with Crippen LogP contribution in [-0.4, -0.2) is 41.3 Å². The van der Waals surface area contributed by atoms with Crippen molar-refractivity contribution < 1.29 is 30.3 Å². The van der Waals surface area contributed by atoms with Gasteiger partial charge in [-0.25, -0.2) is 0 Å². The third-order valence-electron chi connectivity index (χ3n) is 3.29. The molecule has 0 aliphatic carbocycles. The minimum absolute atomic E-state index is 0.358. The van der Waals surface area contributed by atoms with Gasteiger partial charge in [0.05, 0.1) is 13.2 Å². The summed E-state index contributed by atoms with van der Waals surface area (Å²) >= 11 is 0. The fraction of sp³-hybridized carbons (Fsp3) is 0.294. The molecule has 1 atom stereocenters. The van der Waals surface area contributed by atoms with Crippen molar-refractivity contribution in [2.24, 2.45) is 0 Å². The molecule has 26 heavy (non-hydrogen) atoms. The van der Waals surface area contributed by atoms with Crippen LogP contribution in [0.1, 0.15) is 11.1 Å². The molecule has 0 amide bonds. The van der Waals surface area contributed by atoms with E-state index in [-0.39, 0.29) is 11.5 Å². The molecule has 0 spiro atoms. The second-order valence-corrected chi connectivity index (χ2v) is 8.80. The van der Waals surface area contributed by atoms with E-state index in [1.54, 1.807) is 60.7 Å². The summed E-state index contributed by atoms with van der Waals surface area (Å²) in [4.78, 5) is 0. The summed E-state index contributed by atoms with van der Waals surface area (Å²) in [6, 6.07) is 16.8. The first-order chi connectivity index (χ1) is 12.3. The molecule has 0 heterocycles. The Morgan fingerprint density at radius 2 is 1.23 bits per heavy atom. The largest absolute Gasteiger partial charge is 0.394 e. The van der Waals surface area contributed by atoms with Crippen LogP contribution in [0.25, 0.3) is 0 Å². The van der Waals surface area contributed by atoms with E-state index in [0.29, 0.717) is 11.1 Å². The van der Waals surface area contributed by atoms with Gasteiger partial charge in [-0.3, -0.25) is 8.37 Å². The molecule has 0 radical (unpaired) electrons. The molecule has 2 rings (SSSR count). The van der Waals surface area contributed by atoms with Gasteiger partial charge in [-0.15, -0.1) is 0 Å². The fourth-order valence-electron chi connectivity index (χ4n) is 2.13. The van der Waals surface area contributed by atoms with Crippen LogP contribution < -0.4 is 0 Å². The number of benzene rings is 2. The van der Waals surface area contributed by atoms with E-state index in [0.717, 1.165) is 0 Å². The maximum atomic E-state index is 12.0. The lowest BCUT2D eigenvalue weighted by molar-refractivity contribution is 0.0785. The van der Waals surface area contributed by atoms with Crippen LogP contribution in [0.5, 0.6) is 0 Å². The summed E-state index contributed by atoms with van der Waals surface area (Å²) < 4.78 is 57.7. The van der Waals surface area contributed by atoms with Crippen LogP contribution in [0.4, 0.5) is 0 Å². The highest BCUT2D eigenvalue weighted by Crippen LogP contribution is 2.12. The molecule has 0 fully saturated rings. The summed E-state index contributed by atoms with van der Waals surface area (Å²) in [6.07, 6.45) is -1.31. The van der Waals surface area contributed by atoms with Crippen LogP contribution in [0.3, 0.4) is 0 Å². The fourth-order valence-corrected chi connectivity index (χ4v) is 4.37. The van der Waals surface area contributed by atoms with Gasteiger partial charge < -0.3 is 5.11 Å². The molecule has 2 aromatic carbocycles. The number of aliphatic hydroxyl groups is 1. The van der Waals surface area contributed by atoms with Crippen molar-refractivity contribution in [3.63, 3.8) is 0 Å². The van der Waals surface area contributed by atoms with E-state index in [4.69, 9.17) is 8.37 Å². The van der Waals surface area contributed by atoms with E-state index in [1.165, 1.54) is 0 Å². The Labute approximate surface area is 153 Å². The standard InChI is InChI=1S/C17H20O7S2/c18-11-17(24-26(21,22)14-16-9-5-2-6-10-16)12-23-25(19,20)13-15-7-3-1-4-8-15/h1-10,17-18H,11-14H2. The highest BCUT2D eigenvalue weighted by Gasteiger charge is 2.23. The van der Waals surface area contributed by atoms with E-state index >= 15 is 0 Å². The molecule has 0 saturated carbocycles. The Hall–Kier alpha value is -1.78. The van der Waals surface area contributed by atoms with Gasteiger partial charge in [0, 0.05) is 0 Å². The molecule has 0 bridgehead atoms. The number of rotatable bonds is 10. The average molecular weight is 400 g/mol. The zero-order valence-electron chi connectivity index (χ0n) is 13.9. The van der Waals surface area contributed by atoms with E-state index in [9.17, 15) is 21.9 Å². The van der Waals surface area contributed by atoms with Crippen molar-refractivity contribution in [3.05, 3.63) is 71.8 Å². The Morgan fingerprint density at radius 1 is 0.769 bits per heavy atom. The van der Waals surface area contributed by atoms with Gasteiger partial charge in [0.1, 0.15) is 17.6 Å². The lowest BCUT2D eigenvalue weighted by atomic mass is 10.2.